The van der Waals surface area contributed by atoms with Gasteiger partial charge in [-0.3, -0.25) is 9.69 Å². The van der Waals surface area contributed by atoms with Crippen LogP contribution in [-0.2, 0) is 11.3 Å². The molecule has 0 unspecified atom stereocenters. The molecule has 0 aromatic heterocycles. The summed E-state index contributed by atoms with van der Waals surface area (Å²) >= 11 is 4.90. The number of nitrogens with zero attached hydrogens (tertiary/aromatic N) is 1. The molecule has 0 spiro atoms. The number of benzene rings is 1. The Morgan fingerprint density at radius 3 is 2.44 bits per heavy atom. The van der Waals surface area contributed by atoms with Crippen LogP contribution in [0.2, 0.25) is 0 Å². The van der Waals surface area contributed by atoms with Crippen molar-refractivity contribution in [2.45, 2.75) is 13.5 Å². The molecule has 1 aromatic rings. The summed E-state index contributed by atoms with van der Waals surface area (Å²) in [5.41, 5.74) is 7.55. The predicted molar refractivity (Wildman–Crippen MR) is 77.3 cm³/mol. The van der Waals surface area contributed by atoms with Crippen molar-refractivity contribution in [3.05, 3.63) is 35.4 Å². The zero-order chi connectivity index (χ0) is 13.5. The first-order chi connectivity index (χ1) is 8.56. The first kappa shape index (κ1) is 14.6. The van der Waals surface area contributed by atoms with Crippen molar-refractivity contribution in [2.75, 3.05) is 20.1 Å². The van der Waals surface area contributed by atoms with E-state index >= 15 is 0 Å². The number of nitrogens with one attached hydrogen (secondary N) is 1. The van der Waals surface area contributed by atoms with Gasteiger partial charge in [-0.15, -0.1) is 0 Å². The van der Waals surface area contributed by atoms with Crippen LogP contribution in [0.3, 0.4) is 0 Å². The fraction of sp³-hybridized carbons (Fsp3) is 0.385. The highest BCUT2D eigenvalue weighted by molar-refractivity contribution is 7.80. The molecule has 0 saturated carbocycles. The Balaban J connectivity index is 2.64. The molecule has 0 aliphatic rings. The number of rotatable bonds is 6. The molecule has 5 heteroatoms. The smallest absolute Gasteiger partial charge is 0.233 e. The Hall–Kier alpha value is -1.46. The second-order valence-electron chi connectivity index (χ2n) is 4.04. The van der Waals surface area contributed by atoms with Crippen LogP contribution in [0.1, 0.15) is 18.1 Å². The molecule has 0 heterocycles. The molecule has 4 nitrogen and oxygen atoms in total. The van der Waals surface area contributed by atoms with Gasteiger partial charge in [0.25, 0.3) is 0 Å². The minimum atomic E-state index is 0.0246. The number of hydrogen-bond acceptors (Lipinski definition) is 3. The van der Waals surface area contributed by atoms with Crippen LogP contribution in [0.15, 0.2) is 24.3 Å². The first-order valence-corrected chi connectivity index (χ1v) is 6.29. The van der Waals surface area contributed by atoms with E-state index in [-0.39, 0.29) is 5.91 Å². The van der Waals surface area contributed by atoms with Gasteiger partial charge in [0.05, 0.1) is 6.54 Å². The summed E-state index contributed by atoms with van der Waals surface area (Å²) in [7, 11) is 1.65. The number of hydrogen-bond donors (Lipinski definition) is 2. The van der Waals surface area contributed by atoms with Gasteiger partial charge in [-0.05, 0) is 12.1 Å². The maximum Gasteiger partial charge on any atom is 0.233 e. The first-order valence-electron chi connectivity index (χ1n) is 5.88. The molecule has 3 N–H and O–H groups in total. The fourth-order valence-corrected chi connectivity index (χ4v) is 1.73. The maximum atomic E-state index is 11.3. The van der Waals surface area contributed by atoms with Gasteiger partial charge in [0.1, 0.15) is 4.99 Å². The van der Waals surface area contributed by atoms with Gasteiger partial charge in [-0.1, -0.05) is 43.4 Å². The van der Waals surface area contributed by atoms with Crippen LogP contribution in [0, 0.1) is 0 Å². The number of thiocarbonyl (C=S) groups is 1. The van der Waals surface area contributed by atoms with Crippen LogP contribution in [0.4, 0.5) is 0 Å². The summed E-state index contributed by atoms with van der Waals surface area (Å²) in [5, 5.41) is 2.63. The molecular formula is C13H19N3OS. The number of carbonyl (C=O) groups excluding carboxylic acids is 1. The average molecular weight is 265 g/mol. The number of amides is 1. The van der Waals surface area contributed by atoms with Crippen molar-refractivity contribution in [3.63, 3.8) is 0 Å². The Labute approximate surface area is 113 Å². The van der Waals surface area contributed by atoms with E-state index < -0.39 is 0 Å². The molecule has 0 bridgehead atoms. The third kappa shape index (κ3) is 4.43. The van der Waals surface area contributed by atoms with E-state index in [9.17, 15) is 4.79 Å². The number of likely N-dealkylation sites (N-methyl/N-ethyl adjacent to an activating group) is 2. The summed E-state index contributed by atoms with van der Waals surface area (Å²) < 4.78 is 0. The largest absolute Gasteiger partial charge is 0.389 e. The zero-order valence-corrected chi connectivity index (χ0v) is 11.6. The van der Waals surface area contributed by atoms with Crippen LogP contribution < -0.4 is 11.1 Å². The topological polar surface area (TPSA) is 58.4 Å². The summed E-state index contributed by atoms with van der Waals surface area (Å²) in [6.07, 6.45) is 0. The molecule has 98 valence electrons. The van der Waals surface area contributed by atoms with Gasteiger partial charge < -0.3 is 11.1 Å². The van der Waals surface area contributed by atoms with Gasteiger partial charge in [0.15, 0.2) is 0 Å². The maximum absolute atomic E-state index is 11.3. The molecule has 1 amide bonds. The van der Waals surface area contributed by atoms with Crippen molar-refractivity contribution in [3.8, 4) is 0 Å². The van der Waals surface area contributed by atoms with E-state index in [1.807, 2.05) is 31.2 Å². The van der Waals surface area contributed by atoms with Crippen LogP contribution in [0.25, 0.3) is 0 Å². The van der Waals surface area contributed by atoms with E-state index in [1.165, 1.54) is 0 Å². The van der Waals surface area contributed by atoms with Crippen molar-refractivity contribution in [2.24, 2.45) is 5.73 Å². The molecule has 0 atom stereocenters. The minimum absolute atomic E-state index is 0.0246. The van der Waals surface area contributed by atoms with Crippen molar-refractivity contribution >= 4 is 23.1 Å². The van der Waals surface area contributed by atoms with Gasteiger partial charge in [-0.2, -0.15) is 0 Å². The van der Waals surface area contributed by atoms with Gasteiger partial charge >= 0.3 is 0 Å². The van der Waals surface area contributed by atoms with E-state index in [1.54, 1.807) is 7.05 Å². The van der Waals surface area contributed by atoms with Gasteiger partial charge in [-0.25, -0.2) is 0 Å². The molecule has 0 saturated heterocycles. The molecule has 0 radical (unpaired) electrons. The molecule has 0 aliphatic heterocycles. The summed E-state index contributed by atoms with van der Waals surface area (Å²) in [5.74, 6) is 0.0246. The number of carbonyl (C=O) groups is 1. The Morgan fingerprint density at radius 2 is 2.00 bits per heavy atom. The number of nitrogens with two attached hydrogens (primary N) is 1. The van der Waals surface area contributed by atoms with Gasteiger partial charge in [0, 0.05) is 19.2 Å². The van der Waals surface area contributed by atoms with E-state index in [0.717, 1.165) is 24.2 Å². The molecule has 1 aromatic carbocycles. The second kappa shape index (κ2) is 7.08. The average Bonchev–Trinajstić information content (AvgIpc) is 2.38. The fourth-order valence-electron chi connectivity index (χ4n) is 1.59. The minimum Gasteiger partial charge on any atom is -0.389 e. The quantitative estimate of drug-likeness (QED) is 0.750. The third-order valence-corrected chi connectivity index (χ3v) is 2.97. The molecule has 0 aliphatic carbocycles. The monoisotopic (exact) mass is 265 g/mol. The standard InChI is InChI=1S/C13H19N3OS/c1-3-16(9-12(17)15-2)8-10-4-6-11(7-5-10)13(14)18/h4-7H,3,8-9H2,1-2H3,(H2,14,18)(H,15,17). The molecular weight excluding hydrogens is 246 g/mol. The molecule has 0 fully saturated rings. The highest BCUT2D eigenvalue weighted by Gasteiger charge is 2.08. The lowest BCUT2D eigenvalue weighted by Crippen LogP contribution is -2.35. The second-order valence-corrected chi connectivity index (χ2v) is 4.48. The SMILES string of the molecule is CCN(CC(=O)NC)Cc1ccc(C(N)=S)cc1. The van der Waals surface area contributed by atoms with E-state index in [0.29, 0.717) is 11.5 Å². The lowest BCUT2D eigenvalue weighted by Gasteiger charge is -2.19. The summed E-state index contributed by atoms with van der Waals surface area (Å²) in [6, 6.07) is 7.79. The third-order valence-electron chi connectivity index (χ3n) is 2.74. The predicted octanol–water partition coefficient (Wildman–Crippen LogP) is 0.889. The molecule has 18 heavy (non-hydrogen) atoms. The molecule has 1 rings (SSSR count). The van der Waals surface area contributed by atoms with Crippen LogP contribution in [0.5, 0.6) is 0 Å². The zero-order valence-electron chi connectivity index (χ0n) is 10.8. The highest BCUT2D eigenvalue weighted by atomic mass is 32.1. The van der Waals surface area contributed by atoms with Crippen molar-refractivity contribution < 1.29 is 4.79 Å². The van der Waals surface area contributed by atoms with Crippen molar-refractivity contribution in [1.82, 2.24) is 10.2 Å². The van der Waals surface area contributed by atoms with Crippen LogP contribution >= 0.6 is 12.2 Å². The normalized spacial score (nSPS) is 10.4. The van der Waals surface area contributed by atoms with E-state index in [2.05, 4.69) is 10.2 Å². The Kier molecular flexibility index (Phi) is 5.74. The van der Waals surface area contributed by atoms with Gasteiger partial charge in [0.2, 0.25) is 5.91 Å². The lowest BCUT2D eigenvalue weighted by molar-refractivity contribution is -0.121. The summed E-state index contributed by atoms with van der Waals surface area (Å²) in [4.78, 5) is 13.8. The van der Waals surface area contributed by atoms with Crippen molar-refractivity contribution in [1.29, 1.82) is 0 Å². The van der Waals surface area contributed by atoms with E-state index in [4.69, 9.17) is 18.0 Å². The highest BCUT2D eigenvalue weighted by Crippen LogP contribution is 2.07. The lowest BCUT2D eigenvalue weighted by atomic mass is 10.1. The Morgan fingerprint density at radius 1 is 1.39 bits per heavy atom. The summed E-state index contributed by atoms with van der Waals surface area (Å²) in [6.45, 7) is 4.00. The van der Waals surface area contributed by atoms with Crippen LogP contribution in [-0.4, -0.2) is 35.9 Å². The Bertz CT molecular complexity index is 417.